The first kappa shape index (κ1) is 15.8. The number of amides is 1. The number of carbonyl (C=O) groups excluding carboxylic acids is 1. The smallest absolute Gasteiger partial charge is 0.260 e. The van der Waals surface area contributed by atoms with E-state index in [9.17, 15) is 4.79 Å². The fraction of sp³-hybridized carbons (Fsp3) is 0. The number of nitrogens with one attached hydrogen (secondary N) is 1. The molecule has 5 heteroatoms. The highest BCUT2D eigenvalue weighted by atomic mass is 16.5. The van der Waals surface area contributed by atoms with Gasteiger partial charge in [0.25, 0.3) is 11.8 Å². The van der Waals surface area contributed by atoms with Gasteiger partial charge in [-0.25, -0.2) is 0 Å². The first-order valence-corrected chi connectivity index (χ1v) is 8.16. The molecule has 0 aliphatic carbocycles. The summed E-state index contributed by atoms with van der Waals surface area (Å²) in [5.74, 6) is 0.665. The van der Waals surface area contributed by atoms with Gasteiger partial charge in [-0.3, -0.25) is 4.79 Å². The summed E-state index contributed by atoms with van der Waals surface area (Å²) in [5.41, 5.74) is 2.74. The number of nitrogens with zero attached hydrogens (tertiary/aromatic N) is 2. The van der Waals surface area contributed by atoms with E-state index in [4.69, 9.17) is 4.52 Å². The lowest BCUT2D eigenvalue weighted by Crippen LogP contribution is -2.12. The maximum absolute atomic E-state index is 12.4. The fourth-order valence-corrected chi connectivity index (χ4v) is 2.60. The molecule has 0 atom stereocenters. The van der Waals surface area contributed by atoms with E-state index in [2.05, 4.69) is 15.5 Å². The van der Waals surface area contributed by atoms with Crippen molar-refractivity contribution >= 4 is 11.6 Å². The first-order valence-electron chi connectivity index (χ1n) is 8.16. The van der Waals surface area contributed by atoms with Gasteiger partial charge in [0, 0.05) is 11.1 Å². The zero-order valence-electron chi connectivity index (χ0n) is 13.8. The van der Waals surface area contributed by atoms with Crippen molar-refractivity contribution in [2.45, 2.75) is 0 Å². The van der Waals surface area contributed by atoms with Gasteiger partial charge in [0.2, 0.25) is 5.82 Å². The van der Waals surface area contributed by atoms with Crippen LogP contribution >= 0.6 is 0 Å². The number of hydrogen-bond donors (Lipinski definition) is 1. The molecular weight excluding hydrogens is 326 g/mol. The zero-order chi connectivity index (χ0) is 17.8. The minimum Gasteiger partial charge on any atom is -0.334 e. The quantitative estimate of drug-likeness (QED) is 0.586. The fourth-order valence-electron chi connectivity index (χ4n) is 2.60. The number of anilines is 1. The first-order chi connectivity index (χ1) is 12.8. The Bertz CT molecular complexity index is 1030. The van der Waals surface area contributed by atoms with E-state index in [-0.39, 0.29) is 5.91 Å². The SMILES string of the molecule is O=C(Nc1ccccc1-c1nc(-c2ccccc2)no1)c1ccccc1. The Morgan fingerprint density at radius 3 is 2.23 bits per heavy atom. The minimum absolute atomic E-state index is 0.194. The standard InChI is InChI=1S/C21H15N3O2/c25-20(16-11-5-2-6-12-16)22-18-14-8-7-13-17(18)21-23-19(24-26-21)15-9-3-1-4-10-15/h1-14H,(H,22,25). The van der Waals surface area contributed by atoms with E-state index in [0.29, 0.717) is 28.5 Å². The van der Waals surface area contributed by atoms with Gasteiger partial charge >= 0.3 is 0 Å². The van der Waals surface area contributed by atoms with Gasteiger partial charge in [0.1, 0.15) is 0 Å². The number of carbonyl (C=O) groups is 1. The Balaban J connectivity index is 1.64. The summed E-state index contributed by atoms with van der Waals surface area (Å²) in [7, 11) is 0. The average molecular weight is 341 g/mol. The molecule has 0 bridgehead atoms. The van der Waals surface area contributed by atoms with Crippen molar-refractivity contribution in [3.05, 3.63) is 90.5 Å². The molecule has 0 radical (unpaired) electrons. The summed E-state index contributed by atoms with van der Waals surface area (Å²) < 4.78 is 5.42. The molecule has 126 valence electrons. The van der Waals surface area contributed by atoms with Crippen molar-refractivity contribution in [1.29, 1.82) is 0 Å². The van der Waals surface area contributed by atoms with E-state index >= 15 is 0 Å². The Morgan fingerprint density at radius 1 is 0.808 bits per heavy atom. The number of hydrogen-bond acceptors (Lipinski definition) is 4. The number of aromatic nitrogens is 2. The molecule has 0 saturated heterocycles. The van der Waals surface area contributed by atoms with Gasteiger partial charge in [-0.15, -0.1) is 0 Å². The lowest BCUT2D eigenvalue weighted by Gasteiger charge is -2.08. The Morgan fingerprint density at radius 2 is 1.46 bits per heavy atom. The van der Waals surface area contributed by atoms with E-state index in [1.165, 1.54) is 0 Å². The lowest BCUT2D eigenvalue weighted by atomic mass is 10.1. The molecule has 0 fully saturated rings. The summed E-state index contributed by atoms with van der Waals surface area (Å²) in [6.45, 7) is 0. The maximum atomic E-state index is 12.4. The van der Waals surface area contributed by atoms with Crippen LogP contribution in [0.2, 0.25) is 0 Å². The second-order valence-electron chi connectivity index (χ2n) is 5.65. The highest BCUT2D eigenvalue weighted by Gasteiger charge is 2.15. The number of benzene rings is 3. The highest BCUT2D eigenvalue weighted by molar-refractivity contribution is 6.05. The van der Waals surface area contributed by atoms with Crippen LogP contribution < -0.4 is 5.32 Å². The van der Waals surface area contributed by atoms with Crippen molar-refractivity contribution in [3.63, 3.8) is 0 Å². The molecule has 0 aliphatic heterocycles. The topological polar surface area (TPSA) is 68.0 Å². The Hall–Kier alpha value is -3.73. The molecule has 0 spiro atoms. The molecule has 0 aliphatic rings. The minimum atomic E-state index is -0.194. The van der Waals surface area contributed by atoms with E-state index in [0.717, 1.165) is 5.56 Å². The van der Waals surface area contributed by atoms with Crippen LogP contribution in [-0.4, -0.2) is 16.0 Å². The van der Waals surface area contributed by atoms with Crippen LogP contribution in [0.4, 0.5) is 5.69 Å². The second kappa shape index (κ2) is 7.03. The molecule has 0 unspecified atom stereocenters. The van der Waals surface area contributed by atoms with Crippen molar-refractivity contribution in [2.24, 2.45) is 0 Å². The van der Waals surface area contributed by atoms with Crippen LogP contribution in [0, 0.1) is 0 Å². The average Bonchev–Trinajstić information content (AvgIpc) is 3.20. The molecule has 0 saturated carbocycles. The van der Waals surface area contributed by atoms with E-state index < -0.39 is 0 Å². The van der Waals surface area contributed by atoms with Gasteiger partial charge in [-0.2, -0.15) is 4.98 Å². The van der Waals surface area contributed by atoms with Crippen LogP contribution in [0.15, 0.2) is 89.5 Å². The molecule has 4 rings (SSSR count). The zero-order valence-corrected chi connectivity index (χ0v) is 13.8. The maximum Gasteiger partial charge on any atom is 0.260 e. The molecule has 1 aromatic heterocycles. The van der Waals surface area contributed by atoms with Gasteiger partial charge in [0.05, 0.1) is 11.3 Å². The molecule has 1 N–H and O–H groups in total. The molecule has 4 aromatic rings. The lowest BCUT2D eigenvalue weighted by molar-refractivity contribution is 0.102. The molecule has 3 aromatic carbocycles. The largest absolute Gasteiger partial charge is 0.334 e. The predicted molar refractivity (Wildman–Crippen MR) is 99.6 cm³/mol. The molecular formula is C21H15N3O2. The van der Waals surface area contributed by atoms with Crippen LogP contribution in [-0.2, 0) is 0 Å². The molecule has 1 heterocycles. The summed E-state index contributed by atoms with van der Waals surface area (Å²) >= 11 is 0. The van der Waals surface area contributed by atoms with Crippen molar-refractivity contribution in [2.75, 3.05) is 5.32 Å². The second-order valence-corrected chi connectivity index (χ2v) is 5.65. The number of para-hydroxylation sites is 1. The summed E-state index contributed by atoms with van der Waals surface area (Å²) in [5, 5.41) is 6.95. The monoisotopic (exact) mass is 341 g/mol. The molecule has 26 heavy (non-hydrogen) atoms. The summed E-state index contributed by atoms with van der Waals surface area (Å²) in [6, 6.07) is 26.0. The van der Waals surface area contributed by atoms with Gasteiger partial charge < -0.3 is 9.84 Å². The normalized spacial score (nSPS) is 10.5. The van der Waals surface area contributed by atoms with Crippen molar-refractivity contribution < 1.29 is 9.32 Å². The van der Waals surface area contributed by atoms with Gasteiger partial charge in [-0.1, -0.05) is 65.8 Å². The molecule has 5 nitrogen and oxygen atoms in total. The third-order valence-electron chi connectivity index (χ3n) is 3.90. The third-order valence-corrected chi connectivity index (χ3v) is 3.90. The summed E-state index contributed by atoms with van der Waals surface area (Å²) in [4.78, 5) is 16.9. The Kier molecular flexibility index (Phi) is 4.26. The molecule has 1 amide bonds. The van der Waals surface area contributed by atoms with Crippen LogP contribution in [0.25, 0.3) is 22.8 Å². The van der Waals surface area contributed by atoms with Crippen LogP contribution in [0.3, 0.4) is 0 Å². The van der Waals surface area contributed by atoms with Crippen LogP contribution in [0.1, 0.15) is 10.4 Å². The van der Waals surface area contributed by atoms with Gasteiger partial charge in [-0.05, 0) is 24.3 Å². The Labute approximate surface area is 150 Å². The van der Waals surface area contributed by atoms with Crippen molar-refractivity contribution in [1.82, 2.24) is 10.1 Å². The third kappa shape index (κ3) is 3.23. The van der Waals surface area contributed by atoms with Crippen LogP contribution in [0.5, 0.6) is 0 Å². The number of rotatable bonds is 4. The highest BCUT2D eigenvalue weighted by Crippen LogP contribution is 2.28. The van der Waals surface area contributed by atoms with Gasteiger partial charge in [0.15, 0.2) is 0 Å². The summed E-state index contributed by atoms with van der Waals surface area (Å²) in [6.07, 6.45) is 0. The van der Waals surface area contributed by atoms with E-state index in [1.807, 2.05) is 72.8 Å². The van der Waals surface area contributed by atoms with Crippen molar-refractivity contribution in [3.8, 4) is 22.8 Å². The van der Waals surface area contributed by atoms with E-state index in [1.54, 1.807) is 12.1 Å². The predicted octanol–water partition coefficient (Wildman–Crippen LogP) is 4.66.